The monoisotopic (exact) mass is 301 g/mol. The first-order valence-corrected chi connectivity index (χ1v) is 7.87. The molecular weight excluding hydrogens is 270 g/mol. The van der Waals surface area contributed by atoms with E-state index in [9.17, 15) is 0 Å². The van der Waals surface area contributed by atoms with Gasteiger partial charge in [-0.3, -0.25) is 0 Å². The summed E-state index contributed by atoms with van der Waals surface area (Å²) >= 11 is 0. The molecular formula is C17H32ClNO. The highest BCUT2D eigenvalue weighted by atomic mass is 35.5. The van der Waals surface area contributed by atoms with E-state index in [0.29, 0.717) is 0 Å². The van der Waals surface area contributed by atoms with Crippen molar-refractivity contribution in [2.45, 2.75) is 77.7 Å². The first kappa shape index (κ1) is 21.7. The normalized spacial score (nSPS) is 9.65. The molecule has 0 aliphatic rings. The van der Waals surface area contributed by atoms with Gasteiger partial charge in [0.2, 0.25) is 0 Å². The molecule has 0 bridgehead atoms. The van der Waals surface area contributed by atoms with Crippen molar-refractivity contribution >= 4 is 0 Å². The number of halogens is 1. The Kier molecular flexibility index (Phi) is 17.8. The molecule has 1 aromatic heterocycles. The van der Waals surface area contributed by atoms with Crippen molar-refractivity contribution in [2.24, 2.45) is 0 Å². The molecule has 20 heavy (non-hydrogen) atoms. The van der Waals surface area contributed by atoms with Crippen LogP contribution in [0.2, 0.25) is 0 Å². The first-order valence-electron chi connectivity index (χ1n) is 7.87. The van der Waals surface area contributed by atoms with Crippen LogP contribution >= 0.6 is 0 Å². The summed E-state index contributed by atoms with van der Waals surface area (Å²) in [5, 5.41) is 0. The number of hydrogen-bond donors (Lipinski definition) is 0. The van der Waals surface area contributed by atoms with E-state index in [2.05, 4.69) is 42.1 Å². The molecule has 2 nitrogen and oxygen atoms in total. The molecule has 0 saturated carbocycles. The maximum atomic E-state index is 2.28. The lowest BCUT2D eigenvalue weighted by atomic mass is 10.1. The average Bonchev–Trinajstić information content (AvgIpc) is 2.42. The molecule has 0 radical (unpaired) electrons. The Bertz CT molecular complexity index is 280. The van der Waals surface area contributed by atoms with Crippen molar-refractivity contribution in [2.75, 3.05) is 0 Å². The fourth-order valence-corrected chi connectivity index (χ4v) is 2.37. The van der Waals surface area contributed by atoms with Crippen LogP contribution in [0.25, 0.3) is 0 Å². The minimum absolute atomic E-state index is 0. The van der Waals surface area contributed by atoms with Crippen LogP contribution < -0.4 is 17.0 Å². The summed E-state index contributed by atoms with van der Waals surface area (Å²) in [7, 11) is 0. The summed E-state index contributed by atoms with van der Waals surface area (Å²) in [5.74, 6) is 0. The Morgan fingerprint density at radius 1 is 0.650 bits per heavy atom. The molecule has 1 rings (SSSR count). The molecule has 0 fully saturated rings. The third-order valence-corrected chi connectivity index (χ3v) is 3.55. The van der Waals surface area contributed by atoms with Gasteiger partial charge in [0.25, 0.3) is 0 Å². The predicted molar refractivity (Wildman–Crippen MR) is 82.1 cm³/mol. The van der Waals surface area contributed by atoms with Crippen LogP contribution in [0.5, 0.6) is 0 Å². The SMILES string of the molecule is CCCCCCCCCCCC[n+]1ccccc1.O.[Cl-]. The van der Waals surface area contributed by atoms with E-state index in [1.807, 2.05) is 0 Å². The van der Waals surface area contributed by atoms with Crippen molar-refractivity contribution in [1.82, 2.24) is 0 Å². The van der Waals surface area contributed by atoms with Crippen molar-refractivity contribution in [3.05, 3.63) is 30.6 Å². The van der Waals surface area contributed by atoms with Gasteiger partial charge in [0, 0.05) is 18.6 Å². The Balaban J connectivity index is 0. The molecule has 1 heterocycles. The van der Waals surface area contributed by atoms with Gasteiger partial charge in [-0.25, -0.2) is 4.57 Å². The number of rotatable bonds is 11. The van der Waals surface area contributed by atoms with Crippen LogP contribution in [0.3, 0.4) is 0 Å². The summed E-state index contributed by atoms with van der Waals surface area (Å²) in [4.78, 5) is 0. The van der Waals surface area contributed by atoms with Crippen LogP contribution in [0.4, 0.5) is 0 Å². The summed E-state index contributed by atoms with van der Waals surface area (Å²) < 4.78 is 2.28. The zero-order valence-corrected chi connectivity index (χ0v) is 13.7. The largest absolute Gasteiger partial charge is 1.00 e. The van der Waals surface area contributed by atoms with Crippen LogP contribution in [0, 0.1) is 0 Å². The fraction of sp³-hybridized carbons (Fsp3) is 0.706. The van der Waals surface area contributed by atoms with E-state index in [4.69, 9.17) is 0 Å². The maximum absolute atomic E-state index is 2.28. The smallest absolute Gasteiger partial charge is 0.168 e. The molecule has 118 valence electrons. The van der Waals surface area contributed by atoms with E-state index >= 15 is 0 Å². The third-order valence-electron chi connectivity index (χ3n) is 3.55. The number of aryl methyl sites for hydroxylation is 1. The van der Waals surface area contributed by atoms with Crippen LogP contribution in [0.15, 0.2) is 30.6 Å². The number of aromatic nitrogens is 1. The second kappa shape index (κ2) is 16.5. The van der Waals surface area contributed by atoms with Gasteiger partial charge in [-0.05, 0) is 6.42 Å². The molecule has 0 aliphatic carbocycles. The Morgan fingerprint density at radius 2 is 1.10 bits per heavy atom. The zero-order valence-electron chi connectivity index (χ0n) is 13.0. The van der Waals surface area contributed by atoms with E-state index in [1.54, 1.807) is 0 Å². The van der Waals surface area contributed by atoms with E-state index in [0.717, 1.165) is 0 Å². The highest BCUT2D eigenvalue weighted by Crippen LogP contribution is 2.10. The highest BCUT2D eigenvalue weighted by molar-refractivity contribution is 4.83. The molecule has 0 aromatic carbocycles. The first-order chi connectivity index (χ1) is 8.93. The van der Waals surface area contributed by atoms with Crippen molar-refractivity contribution in [1.29, 1.82) is 0 Å². The minimum Gasteiger partial charge on any atom is -1.00 e. The quantitative estimate of drug-likeness (QED) is 0.433. The second-order valence-corrected chi connectivity index (χ2v) is 5.30. The third kappa shape index (κ3) is 12.4. The number of pyridine rings is 1. The summed E-state index contributed by atoms with van der Waals surface area (Å²) in [6.07, 6.45) is 18.5. The maximum Gasteiger partial charge on any atom is 0.168 e. The van der Waals surface area contributed by atoms with Gasteiger partial charge in [-0.1, -0.05) is 64.4 Å². The number of unbranched alkanes of at least 4 members (excludes halogenated alkanes) is 9. The minimum atomic E-state index is 0. The lowest BCUT2D eigenvalue weighted by Crippen LogP contribution is -3.00. The number of nitrogens with zero attached hydrogens (tertiary/aromatic N) is 1. The van der Waals surface area contributed by atoms with E-state index in [1.165, 1.54) is 70.8 Å². The van der Waals surface area contributed by atoms with Crippen molar-refractivity contribution < 1.29 is 22.5 Å². The fourth-order valence-electron chi connectivity index (χ4n) is 2.37. The van der Waals surface area contributed by atoms with Crippen LogP contribution in [-0.2, 0) is 6.54 Å². The van der Waals surface area contributed by atoms with E-state index < -0.39 is 0 Å². The zero-order chi connectivity index (χ0) is 12.9. The predicted octanol–water partition coefficient (Wildman–Crippen LogP) is 1.07. The van der Waals surface area contributed by atoms with Crippen LogP contribution in [0.1, 0.15) is 71.1 Å². The molecule has 1 aromatic rings. The lowest BCUT2D eigenvalue weighted by Gasteiger charge is -2.01. The number of hydrogen-bond acceptors (Lipinski definition) is 0. The average molecular weight is 302 g/mol. The highest BCUT2D eigenvalue weighted by Gasteiger charge is 1.97. The molecule has 0 atom stereocenters. The summed E-state index contributed by atoms with van der Waals surface area (Å²) in [6, 6.07) is 6.29. The molecule has 0 aliphatic heterocycles. The van der Waals surface area contributed by atoms with E-state index in [-0.39, 0.29) is 17.9 Å². The lowest BCUT2D eigenvalue weighted by molar-refractivity contribution is -0.697. The summed E-state index contributed by atoms with van der Waals surface area (Å²) in [6.45, 7) is 3.46. The molecule has 3 heteroatoms. The van der Waals surface area contributed by atoms with Gasteiger partial charge in [-0.2, -0.15) is 0 Å². The van der Waals surface area contributed by atoms with Crippen molar-refractivity contribution in [3.63, 3.8) is 0 Å². The van der Waals surface area contributed by atoms with Crippen molar-refractivity contribution in [3.8, 4) is 0 Å². The standard InChI is InChI=1S/C17H30N.ClH.H2O/c1-2-3-4-5-6-7-8-9-10-12-15-18-16-13-11-14-17-18;;/h11,13-14,16-17H,2-10,12,15H2,1H3;1H;1H2/q+1;;/p-1. The topological polar surface area (TPSA) is 35.4 Å². The summed E-state index contributed by atoms with van der Waals surface area (Å²) in [5.41, 5.74) is 0. The molecule has 0 unspecified atom stereocenters. The van der Waals surface area contributed by atoms with Gasteiger partial charge in [-0.15, -0.1) is 0 Å². The molecule has 0 amide bonds. The second-order valence-electron chi connectivity index (χ2n) is 5.30. The van der Waals surface area contributed by atoms with Gasteiger partial charge in [0.1, 0.15) is 6.54 Å². The Morgan fingerprint density at radius 3 is 1.60 bits per heavy atom. The molecule has 0 saturated heterocycles. The van der Waals surface area contributed by atoms with Gasteiger partial charge in [0.15, 0.2) is 12.4 Å². The Labute approximate surface area is 131 Å². The van der Waals surface area contributed by atoms with Gasteiger partial charge in [0.05, 0.1) is 0 Å². The molecule has 0 spiro atoms. The molecule has 2 N–H and O–H groups in total. The van der Waals surface area contributed by atoms with Crippen LogP contribution in [-0.4, -0.2) is 5.48 Å². The van der Waals surface area contributed by atoms with Gasteiger partial charge < -0.3 is 17.9 Å². The Hall–Kier alpha value is -0.600. The van der Waals surface area contributed by atoms with Gasteiger partial charge >= 0.3 is 0 Å².